The van der Waals surface area contributed by atoms with Gasteiger partial charge in [0.25, 0.3) is 5.91 Å². The number of nitrogens with zero attached hydrogens (tertiary/aromatic N) is 4. The van der Waals surface area contributed by atoms with E-state index >= 15 is 0 Å². The number of fused-ring (bicyclic) bond motifs is 1. The van der Waals surface area contributed by atoms with Crippen LogP contribution in [-0.2, 0) is 13.0 Å². The summed E-state index contributed by atoms with van der Waals surface area (Å²) in [5.41, 5.74) is 4.11. The van der Waals surface area contributed by atoms with Gasteiger partial charge in [0, 0.05) is 18.8 Å². The zero-order valence-electron chi connectivity index (χ0n) is 14.6. The highest BCUT2D eigenvalue weighted by molar-refractivity contribution is 5.92. The van der Waals surface area contributed by atoms with Gasteiger partial charge in [-0.3, -0.25) is 4.79 Å². The van der Waals surface area contributed by atoms with Crippen LogP contribution in [0, 0.1) is 11.3 Å². The Morgan fingerprint density at radius 1 is 1.07 bits per heavy atom. The van der Waals surface area contributed by atoms with Crippen LogP contribution in [0.3, 0.4) is 0 Å². The average Bonchev–Trinajstić information content (AvgIpc) is 2.73. The summed E-state index contributed by atoms with van der Waals surface area (Å²) in [6.07, 6.45) is 3.87. The second-order valence-electron chi connectivity index (χ2n) is 6.35. The number of carbonyl (C=O) groups is 1. The van der Waals surface area contributed by atoms with Crippen molar-refractivity contribution >= 4 is 17.4 Å². The van der Waals surface area contributed by atoms with E-state index in [0.29, 0.717) is 30.2 Å². The van der Waals surface area contributed by atoms with Crippen LogP contribution < -0.4 is 5.32 Å². The number of nitrogens with one attached hydrogen (secondary N) is 1. The van der Waals surface area contributed by atoms with E-state index < -0.39 is 0 Å². The van der Waals surface area contributed by atoms with Crippen molar-refractivity contribution in [2.75, 3.05) is 11.9 Å². The fraction of sp³-hybridized carbons (Fsp3) is 0.143. The molecule has 3 aromatic rings. The Kier molecular flexibility index (Phi) is 4.50. The van der Waals surface area contributed by atoms with Crippen LogP contribution in [0.4, 0.5) is 11.5 Å². The van der Waals surface area contributed by atoms with Gasteiger partial charge in [0.1, 0.15) is 11.5 Å². The molecule has 1 aromatic heterocycles. The van der Waals surface area contributed by atoms with Gasteiger partial charge in [0.2, 0.25) is 0 Å². The summed E-state index contributed by atoms with van der Waals surface area (Å²) < 4.78 is 0. The molecule has 0 unspecified atom stereocenters. The Bertz CT molecular complexity index is 1020. The lowest BCUT2D eigenvalue weighted by atomic mass is 10.00. The highest BCUT2D eigenvalue weighted by Crippen LogP contribution is 2.20. The molecule has 2 aromatic carbocycles. The Balaban J connectivity index is 1.46. The Morgan fingerprint density at radius 3 is 2.70 bits per heavy atom. The van der Waals surface area contributed by atoms with E-state index in [1.165, 1.54) is 23.5 Å². The zero-order valence-corrected chi connectivity index (χ0v) is 14.6. The maximum atomic E-state index is 12.7. The number of amides is 1. The van der Waals surface area contributed by atoms with Crippen LogP contribution in [0.5, 0.6) is 0 Å². The Labute approximate surface area is 157 Å². The number of carbonyl (C=O) groups excluding carboxylic acids is 1. The molecule has 0 fully saturated rings. The third-order valence-corrected chi connectivity index (χ3v) is 4.55. The van der Waals surface area contributed by atoms with Crippen molar-refractivity contribution in [3.63, 3.8) is 0 Å². The topological polar surface area (TPSA) is 81.9 Å². The lowest BCUT2D eigenvalue weighted by Gasteiger charge is -2.28. The van der Waals surface area contributed by atoms with E-state index in [0.717, 1.165) is 12.1 Å². The van der Waals surface area contributed by atoms with Crippen LogP contribution in [0.25, 0.3) is 0 Å². The second kappa shape index (κ2) is 7.26. The van der Waals surface area contributed by atoms with E-state index in [2.05, 4.69) is 33.5 Å². The number of nitriles is 1. The van der Waals surface area contributed by atoms with Crippen LogP contribution >= 0.6 is 0 Å². The van der Waals surface area contributed by atoms with Gasteiger partial charge < -0.3 is 10.2 Å². The van der Waals surface area contributed by atoms with Crippen molar-refractivity contribution in [1.82, 2.24) is 14.9 Å². The van der Waals surface area contributed by atoms with Crippen molar-refractivity contribution < 1.29 is 4.79 Å². The van der Waals surface area contributed by atoms with Gasteiger partial charge in [0.05, 0.1) is 24.0 Å². The molecule has 6 heteroatoms. The van der Waals surface area contributed by atoms with Gasteiger partial charge in [0.15, 0.2) is 0 Å². The van der Waals surface area contributed by atoms with E-state index in [4.69, 9.17) is 5.26 Å². The molecule has 1 N–H and O–H groups in total. The first-order chi connectivity index (χ1) is 13.2. The fourth-order valence-electron chi connectivity index (χ4n) is 3.15. The monoisotopic (exact) mass is 355 g/mol. The summed E-state index contributed by atoms with van der Waals surface area (Å²) >= 11 is 0. The molecule has 0 radical (unpaired) electrons. The Morgan fingerprint density at radius 2 is 1.93 bits per heavy atom. The number of benzene rings is 2. The summed E-state index contributed by atoms with van der Waals surface area (Å²) in [6.45, 7) is 1.27. The molecule has 0 aliphatic carbocycles. The molecular formula is C21H17N5O. The van der Waals surface area contributed by atoms with Crippen molar-refractivity contribution in [3.8, 4) is 6.07 Å². The predicted molar refractivity (Wildman–Crippen MR) is 101 cm³/mol. The van der Waals surface area contributed by atoms with Crippen LogP contribution in [-0.4, -0.2) is 27.3 Å². The lowest BCUT2D eigenvalue weighted by molar-refractivity contribution is 0.0728. The molecule has 0 saturated carbocycles. The summed E-state index contributed by atoms with van der Waals surface area (Å²) in [5.74, 6) is 0.403. The summed E-state index contributed by atoms with van der Waals surface area (Å²) in [6, 6.07) is 17.4. The van der Waals surface area contributed by atoms with Crippen LogP contribution in [0.15, 0.2) is 60.9 Å². The Hall–Kier alpha value is -3.72. The third kappa shape index (κ3) is 3.62. The number of anilines is 2. The lowest BCUT2D eigenvalue weighted by Crippen LogP contribution is -2.36. The van der Waals surface area contributed by atoms with E-state index in [1.807, 2.05) is 18.2 Å². The molecule has 132 valence electrons. The number of rotatable bonds is 3. The van der Waals surface area contributed by atoms with Gasteiger partial charge in [-0.2, -0.15) is 5.26 Å². The molecule has 2 heterocycles. The normalized spacial score (nSPS) is 12.8. The smallest absolute Gasteiger partial charge is 0.274 e. The molecule has 4 rings (SSSR count). The molecule has 1 aliphatic rings. The molecule has 1 aliphatic heterocycles. The van der Waals surface area contributed by atoms with Crippen molar-refractivity contribution in [1.29, 1.82) is 5.26 Å². The summed E-state index contributed by atoms with van der Waals surface area (Å²) in [5, 5.41) is 12.1. The summed E-state index contributed by atoms with van der Waals surface area (Å²) in [4.78, 5) is 23.1. The minimum absolute atomic E-state index is 0.116. The minimum atomic E-state index is -0.116. The van der Waals surface area contributed by atoms with E-state index in [9.17, 15) is 4.79 Å². The molecule has 1 amide bonds. The molecular weight excluding hydrogens is 338 g/mol. The first kappa shape index (κ1) is 16.7. The van der Waals surface area contributed by atoms with Gasteiger partial charge in [-0.15, -0.1) is 0 Å². The van der Waals surface area contributed by atoms with Crippen LogP contribution in [0.1, 0.15) is 27.2 Å². The fourth-order valence-corrected chi connectivity index (χ4v) is 3.15. The van der Waals surface area contributed by atoms with Gasteiger partial charge in [-0.1, -0.05) is 30.3 Å². The minimum Gasteiger partial charge on any atom is -0.339 e. The molecule has 27 heavy (non-hydrogen) atoms. The van der Waals surface area contributed by atoms with Crippen molar-refractivity contribution in [2.45, 2.75) is 13.0 Å². The number of aromatic nitrogens is 2. The third-order valence-electron chi connectivity index (χ3n) is 4.55. The number of hydrogen-bond acceptors (Lipinski definition) is 5. The highest BCUT2D eigenvalue weighted by atomic mass is 16.2. The SMILES string of the molecule is N#Cc1cccc(Nc2cnc(C(=O)N3CCc4ccccc4C3)cn2)c1. The molecule has 0 bridgehead atoms. The largest absolute Gasteiger partial charge is 0.339 e. The molecule has 0 atom stereocenters. The zero-order chi connectivity index (χ0) is 18.6. The quantitative estimate of drug-likeness (QED) is 0.779. The highest BCUT2D eigenvalue weighted by Gasteiger charge is 2.22. The first-order valence-electron chi connectivity index (χ1n) is 8.68. The number of hydrogen-bond donors (Lipinski definition) is 1. The maximum absolute atomic E-state index is 12.7. The first-order valence-corrected chi connectivity index (χ1v) is 8.68. The second-order valence-corrected chi connectivity index (χ2v) is 6.35. The molecule has 6 nitrogen and oxygen atoms in total. The average molecular weight is 355 g/mol. The van der Waals surface area contributed by atoms with Gasteiger partial charge in [-0.25, -0.2) is 9.97 Å². The molecule has 0 saturated heterocycles. The van der Waals surface area contributed by atoms with Gasteiger partial charge >= 0.3 is 0 Å². The molecule has 0 spiro atoms. The summed E-state index contributed by atoms with van der Waals surface area (Å²) in [7, 11) is 0. The van der Waals surface area contributed by atoms with Gasteiger partial charge in [-0.05, 0) is 35.7 Å². The van der Waals surface area contributed by atoms with Crippen molar-refractivity contribution in [3.05, 3.63) is 83.3 Å². The maximum Gasteiger partial charge on any atom is 0.274 e. The van der Waals surface area contributed by atoms with E-state index in [1.54, 1.807) is 23.1 Å². The van der Waals surface area contributed by atoms with Crippen molar-refractivity contribution in [2.24, 2.45) is 0 Å². The predicted octanol–water partition coefficient (Wildman–Crippen LogP) is 3.29. The van der Waals surface area contributed by atoms with E-state index in [-0.39, 0.29) is 5.91 Å². The standard InChI is InChI=1S/C21H17N5O/c22-11-15-4-3-7-18(10-15)25-20-13-23-19(12-24-20)21(27)26-9-8-16-5-1-2-6-17(16)14-26/h1-7,10,12-13H,8-9,14H2,(H,24,25). The van der Waals surface area contributed by atoms with Crippen LogP contribution in [0.2, 0.25) is 0 Å².